The van der Waals surface area contributed by atoms with Crippen LogP contribution in [0.4, 0.5) is 11.6 Å². The molecule has 2 aromatic carbocycles. The fourth-order valence-electron chi connectivity index (χ4n) is 3.92. The SMILES string of the molecule is CC1CCC(NCc2ccc3c(c2)nc(Nc2c(Cl)cccc2Cl)n3C)CC1. The number of anilines is 2. The van der Waals surface area contributed by atoms with Crippen molar-refractivity contribution in [2.45, 2.75) is 45.2 Å². The zero-order chi connectivity index (χ0) is 19.7. The van der Waals surface area contributed by atoms with Crippen LogP contribution < -0.4 is 10.6 Å². The van der Waals surface area contributed by atoms with Crippen molar-refractivity contribution in [1.82, 2.24) is 14.9 Å². The largest absolute Gasteiger partial charge is 0.323 e. The van der Waals surface area contributed by atoms with E-state index in [-0.39, 0.29) is 0 Å². The van der Waals surface area contributed by atoms with Gasteiger partial charge in [-0.1, -0.05) is 42.3 Å². The van der Waals surface area contributed by atoms with Crippen LogP contribution in [0.1, 0.15) is 38.2 Å². The number of fused-ring (bicyclic) bond motifs is 1. The van der Waals surface area contributed by atoms with Crippen molar-refractivity contribution < 1.29 is 0 Å². The summed E-state index contributed by atoms with van der Waals surface area (Å²) >= 11 is 12.6. The monoisotopic (exact) mass is 416 g/mol. The molecule has 1 heterocycles. The van der Waals surface area contributed by atoms with E-state index in [4.69, 9.17) is 28.2 Å². The summed E-state index contributed by atoms with van der Waals surface area (Å²) < 4.78 is 2.02. The number of nitrogens with zero attached hydrogens (tertiary/aromatic N) is 2. The van der Waals surface area contributed by atoms with Crippen molar-refractivity contribution in [2.75, 3.05) is 5.32 Å². The highest BCUT2D eigenvalue weighted by molar-refractivity contribution is 6.39. The topological polar surface area (TPSA) is 41.9 Å². The number of nitrogens with one attached hydrogen (secondary N) is 2. The molecule has 4 nitrogen and oxygen atoms in total. The molecular weight excluding hydrogens is 391 g/mol. The predicted molar refractivity (Wildman–Crippen MR) is 119 cm³/mol. The molecule has 2 N–H and O–H groups in total. The molecule has 0 radical (unpaired) electrons. The highest BCUT2D eigenvalue weighted by atomic mass is 35.5. The Hall–Kier alpha value is -1.75. The molecule has 0 unspecified atom stereocenters. The summed E-state index contributed by atoms with van der Waals surface area (Å²) in [5, 5.41) is 8.14. The lowest BCUT2D eigenvalue weighted by Crippen LogP contribution is -2.32. The lowest BCUT2D eigenvalue weighted by atomic mass is 9.87. The molecule has 0 aliphatic heterocycles. The van der Waals surface area contributed by atoms with Gasteiger partial charge in [0.2, 0.25) is 5.95 Å². The third kappa shape index (κ3) is 4.14. The molecule has 28 heavy (non-hydrogen) atoms. The summed E-state index contributed by atoms with van der Waals surface area (Å²) in [4.78, 5) is 4.76. The van der Waals surface area contributed by atoms with Gasteiger partial charge in [0.15, 0.2) is 0 Å². The molecule has 0 amide bonds. The maximum Gasteiger partial charge on any atom is 0.208 e. The molecule has 0 saturated heterocycles. The fourth-order valence-corrected chi connectivity index (χ4v) is 4.41. The first-order valence-corrected chi connectivity index (χ1v) is 10.7. The maximum absolute atomic E-state index is 6.29. The normalized spacial score (nSPS) is 19.9. The molecule has 1 saturated carbocycles. The summed E-state index contributed by atoms with van der Waals surface area (Å²) in [6, 6.07) is 12.6. The Morgan fingerprint density at radius 3 is 2.50 bits per heavy atom. The van der Waals surface area contributed by atoms with E-state index < -0.39 is 0 Å². The van der Waals surface area contributed by atoms with Crippen LogP contribution in [0.2, 0.25) is 10.0 Å². The van der Waals surface area contributed by atoms with Crippen LogP contribution in [0.3, 0.4) is 0 Å². The number of aryl methyl sites for hydroxylation is 1. The van der Waals surface area contributed by atoms with Gasteiger partial charge in [-0.15, -0.1) is 0 Å². The maximum atomic E-state index is 6.29. The molecule has 1 aliphatic rings. The summed E-state index contributed by atoms with van der Waals surface area (Å²) in [6.45, 7) is 3.23. The molecular formula is C22H26Cl2N4. The Bertz CT molecular complexity index is 954. The van der Waals surface area contributed by atoms with Gasteiger partial charge in [0.25, 0.3) is 0 Å². The van der Waals surface area contributed by atoms with Crippen LogP contribution in [0.5, 0.6) is 0 Å². The first kappa shape index (κ1) is 19.6. The minimum absolute atomic E-state index is 0.575. The van der Waals surface area contributed by atoms with Gasteiger partial charge in [0.05, 0.1) is 26.8 Å². The number of rotatable bonds is 5. The molecule has 148 valence electrons. The Kier molecular flexibility index (Phi) is 5.81. The Morgan fingerprint density at radius 2 is 1.79 bits per heavy atom. The number of imidazole rings is 1. The van der Waals surface area contributed by atoms with E-state index in [1.54, 1.807) is 0 Å². The molecule has 6 heteroatoms. The van der Waals surface area contributed by atoms with E-state index >= 15 is 0 Å². The second-order valence-electron chi connectivity index (χ2n) is 7.88. The van der Waals surface area contributed by atoms with Crippen LogP contribution >= 0.6 is 23.2 Å². The van der Waals surface area contributed by atoms with Crippen LogP contribution in [0, 0.1) is 5.92 Å². The first-order chi connectivity index (χ1) is 13.5. The average molecular weight is 417 g/mol. The first-order valence-electron chi connectivity index (χ1n) is 9.91. The molecule has 0 atom stereocenters. The highest BCUT2D eigenvalue weighted by Gasteiger charge is 2.18. The average Bonchev–Trinajstić information content (AvgIpc) is 2.99. The summed E-state index contributed by atoms with van der Waals surface area (Å²) in [6.07, 6.45) is 5.21. The van der Waals surface area contributed by atoms with E-state index in [9.17, 15) is 0 Å². The van der Waals surface area contributed by atoms with Crippen LogP contribution in [0.25, 0.3) is 11.0 Å². The smallest absolute Gasteiger partial charge is 0.208 e. The summed E-state index contributed by atoms with van der Waals surface area (Å²) in [7, 11) is 1.99. The van der Waals surface area contributed by atoms with Crippen LogP contribution in [-0.4, -0.2) is 15.6 Å². The minimum Gasteiger partial charge on any atom is -0.323 e. The molecule has 0 bridgehead atoms. The molecule has 0 spiro atoms. The lowest BCUT2D eigenvalue weighted by Gasteiger charge is -2.27. The van der Waals surface area contributed by atoms with Gasteiger partial charge in [-0.25, -0.2) is 4.98 Å². The standard InChI is InChI=1S/C22H26Cl2N4/c1-14-6-9-16(10-7-14)25-13-15-8-11-20-19(12-15)26-22(28(20)2)27-21-17(23)4-3-5-18(21)24/h3-5,8,11-12,14,16,25H,6-7,9-10,13H2,1-2H3,(H,26,27). The van der Waals surface area contributed by atoms with E-state index in [1.165, 1.54) is 31.2 Å². The van der Waals surface area contributed by atoms with Gasteiger partial charge in [0.1, 0.15) is 0 Å². The minimum atomic E-state index is 0.575. The van der Waals surface area contributed by atoms with E-state index in [1.807, 2.05) is 29.8 Å². The number of hydrogen-bond donors (Lipinski definition) is 2. The van der Waals surface area contributed by atoms with E-state index in [0.717, 1.165) is 29.4 Å². The van der Waals surface area contributed by atoms with Crippen molar-refractivity contribution in [1.29, 1.82) is 0 Å². The molecule has 4 rings (SSSR count). The van der Waals surface area contributed by atoms with Crippen molar-refractivity contribution in [3.8, 4) is 0 Å². The van der Waals surface area contributed by atoms with E-state index in [0.29, 0.717) is 21.8 Å². The number of para-hydroxylation sites is 1. The molecule has 1 aliphatic carbocycles. The van der Waals surface area contributed by atoms with Crippen LogP contribution in [-0.2, 0) is 13.6 Å². The Morgan fingerprint density at radius 1 is 1.07 bits per heavy atom. The van der Waals surface area contributed by atoms with Crippen molar-refractivity contribution >= 4 is 45.9 Å². The van der Waals surface area contributed by atoms with Gasteiger partial charge < -0.3 is 15.2 Å². The van der Waals surface area contributed by atoms with Gasteiger partial charge >= 0.3 is 0 Å². The van der Waals surface area contributed by atoms with Crippen LogP contribution in [0.15, 0.2) is 36.4 Å². The fraction of sp³-hybridized carbons (Fsp3) is 0.409. The molecule has 3 aromatic rings. The van der Waals surface area contributed by atoms with Gasteiger partial charge in [-0.05, 0) is 61.4 Å². The van der Waals surface area contributed by atoms with E-state index in [2.05, 4.69) is 35.8 Å². The number of hydrogen-bond acceptors (Lipinski definition) is 3. The predicted octanol–water partition coefficient (Wildman–Crippen LogP) is 6.29. The second kappa shape index (κ2) is 8.32. The van der Waals surface area contributed by atoms with Gasteiger partial charge in [-0.3, -0.25) is 0 Å². The Balaban J connectivity index is 1.51. The van der Waals surface area contributed by atoms with Crippen molar-refractivity contribution in [3.63, 3.8) is 0 Å². The lowest BCUT2D eigenvalue weighted by molar-refractivity contribution is 0.306. The molecule has 1 aromatic heterocycles. The third-order valence-corrected chi connectivity index (χ3v) is 6.39. The molecule has 1 fully saturated rings. The number of benzene rings is 2. The zero-order valence-corrected chi connectivity index (χ0v) is 17.8. The number of aromatic nitrogens is 2. The third-order valence-electron chi connectivity index (χ3n) is 5.76. The zero-order valence-electron chi connectivity index (χ0n) is 16.3. The van der Waals surface area contributed by atoms with Crippen molar-refractivity contribution in [2.24, 2.45) is 13.0 Å². The quantitative estimate of drug-likeness (QED) is 0.513. The Labute approximate surface area is 176 Å². The van der Waals surface area contributed by atoms with Crippen molar-refractivity contribution in [3.05, 3.63) is 52.0 Å². The van der Waals surface area contributed by atoms with Gasteiger partial charge in [0, 0.05) is 19.6 Å². The number of halogens is 2. The highest BCUT2D eigenvalue weighted by Crippen LogP contribution is 2.33. The van der Waals surface area contributed by atoms with Gasteiger partial charge in [-0.2, -0.15) is 0 Å². The summed E-state index contributed by atoms with van der Waals surface area (Å²) in [5.41, 5.74) is 3.97. The summed E-state index contributed by atoms with van der Waals surface area (Å²) in [5.74, 6) is 1.59. The second-order valence-corrected chi connectivity index (χ2v) is 8.69.